The summed E-state index contributed by atoms with van der Waals surface area (Å²) < 4.78 is 10.7. The van der Waals surface area contributed by atoms with Crippen LogP contribution in [0, 0.1) is 5.92 Å². The van der Waals surface area contributed by atoms with Crippen molar-refractivity contribution in [3.63, 3.8) is 0 Å². The number of hydrogen-bond acceptors (Lipinski definition) is 4. The fraction of sp³-hybridized carbons (Fsp3) is 0.467. The minimum Gasteiger partial charge on any atom is -0.479 e. The van der Waals surface area contributed by atoms with E-state index in [9.17, 15) is 14.7 Å². The average Bonchev–Trinajstić information content (AvgIpc) is 3.03. The Morgan fingerprint density at radius 2 is 2.14 bits per heavy atom. The number of nitrogens with zero attached hydrogens (tertiary/aromatic N) is 1. The number of ether oxygens (including phenoxy) is 2. The highest BCUT2D eigenvalue weighted by Crippen LogP contribution is 2.39. The fourth-order valence-electron chi connectivity index (χ4n) is 3.02. The quantitative estimate of drug-likeness (QED) is 0.913. The number of likely N-dealkylation sites (tertiary alicyclic amines) is 1. The number of aliphatic carboxylic acids is 1. The number of amides is 1. The fourth-order valence-corrected chi connectivity index (χ4v) is 3.02. The van der Waals surface area contributed by atoms with Gasteiger partial charge in [-0.2, -0.15) is 0 Å². The van der Waals surface area contributed by atoms with Gasteiger partial charge in [0.2, 0.25) is 0 Å². The lowest BCUT2D eigenvalue weighted by molar-refractivity contribution is -0.160. The number of hydrogen-bond donors (Lipinski definition) is 1. The van der Waals surface area contributed by atoms with E-state index in [0.29, 0.717) is 19.6 Å². The maximum Gasteiger partial charge on any atom is 0.410 e. The molecule has 0 radical (unpaired) electrons. The van der Waals surface area contributed by atoms with Crippen LogP contribution in [0.5, 0.6) is 0 Å². The smallest absolute Gasteiger partial charge is 0.410 e. The predicted octanol–water partition coefficient (Wildman–Crippen LogP) is 1.50. The van der Waals surface area contributed by atoms with Crippen LogP contribution in [0.1, 0.15) is 12.0 Å². The normalized spacial score (nSPS) is 27.4. The molecule has 1 amide bonds. The van der Waals surface area contributed by atoms with Gasteiger partial charge in [0.15, 0.2) is 5.60 Å². The van der Waals surface area contributed by atoms with Gasteiger partial charge in [-0.25, -0.2) is 9.59 Å². The highest BCUT2D eigenvalue weighted by molar-refractivity contribution is 5.81. The van der Waals surface area contributed by atoms with E-state index in [2.05, 4.69) is 0 Å². The van der Waals surface area contributed by atoms with Gasteiger partial charge >= 0.3 is 12.1 Å². The number of carboxylic acids is 1. The summed E-state index contributed by atoms with van der Waals surface area (Å²) in [6.45, 7) is 1.05. The second kappa shape index (κ2) is 5.37. The maximum atomic E-state index is 12.1. The molecule has 0 unspecified atom stereocenters. The van der Waals surface area contributed by atoms with Crippen LogP contribution in [0.15, 0.2) is 30.3 Å². The third kappa shape index (κ3) is 2.47. The average molecular weight is 291 g/mol. The topological polar surface area (TPSA) is 76.1 Å². The molecular weight excluding hydrogens is 274 g/mol. The zero-order valence-corrected chi connectivity index (χ0v) is 11.5. The lowest BCUT2D eigenvalue weighted by Crippen LogP contribution is -2.45. The number of rotatable bonds is 3. The van der Waals surface area contributed by atoms with E-state index in [0.717, 1.165) is 5.56 Å². The Morgan fingerprint density at radius 1 is 1.38 bits per heavy atom. The van der Waals surface area contributed by atoms with E-state index in [-0.39, 0.29) is 19.1 Å². The molecule has 2 saturated heterocycles. The first-order chi connectivity index (χ1) is 10.1. The summed E-state index contributed by atoms with van der Waals surface area (Å²) >= 11 is 0. The Hall–Kier alpha value is -2.08. The van der Waals surface area contributed by atoms with Crippen molar-refractivity contribution in [3.05, 3.63) is 35.9 Å². The highest BCUT2D eigenvalue weighted by Gasteiger charge is 2.58. The Morgan fingerprint density at radius 3 is 2.81 bits per heavy atom. The van der Waals surface area contributed by atoms with E-state index >= 15 is 0 Å². The third-order valence-electron chi connectivity index (χ3n) is 4.18. The second-order valence-electron chi connectivity index (χ2n) is 5.45. The largest absolute Gasteiger partial charge is 0.479 e. The SMILES string of the molecule is O=C(OCc1ccccc1)N1C[C@H]2CCO[C@@]2(C(=O)O)C1. The summed E-state index contributed by atoms with van der Waals surface area (Å²) in [6, 6.07) is 9.37. The van der Waals surface area contributed by atoms with Crippen molar-refractivity contribution in [2.24, 2.45) is 5.92 Å². The number of carboxylic acid groups (broad SMARTS) is 1. The minimum atomic E-state index is -1.24. The monoisotopic (exact) mass is 291 g/mol. The predicted molar refractivity (Wildman–Crippen MR) is 72.6 cm³/mol. The molecule has 1 N–H and O–H groups in total. The Balaban J connectivity index is 1.61. The second-order valence-corrected chi connectivity index (χ2v) is 5.45. The lowest BCUT2D eigenvalue weighted by atomic mass is 9.91. The van der Waals surface area contributed by atoms with Crippen LogP contribution < -0.4 is 0 Å². The van der Waals surface area contributed by atoms with Gasteiger partial charge in [-0.15, -0.1) is 0 Å². The zero-order valence-electron chi connectivity index (χ0n) is 11.5. The number of benzene rings is 1. The van der Waals surface area contributed by atoms with E-state index in [4.69, 9.17) is 9.47 Å². The van der Waals surface area contributed by atoms with Gasteiger partial charge < -0.3 is 19.5 Å². The lowest BCUT2D eigenvalue weighted by Gasteiger charge is -2.22. The molecule has 2 atom stereocenters. The summed E-state index contributed by atoms with van der Waals surface area (Å²) in [6.07, 6.45) is 0.173. The zero-order chi connectivity index (χ0) is 14.9. The molecule has 0 spiro atoms. The van der Waals surface area contributed by atoms with Crippen LogP contribution in [0.25, 0.3) is 0 Å². The van der Waals surface area contributed by atoms with Crippen LogP contribution in [-0.4, -0.2) is 47.4 Å². The number of carbonyl (C=O) groups excluding carboxylic acids is 1. The van der Waals surface area contributed by atoms with Crippen LogP contribution in [0.3, 0.4) is 0 Å². The van der Waals surface area contributed by atoms with E-state index in [1.165, 1.54) is 4.90 Å². The van der Waals surface area contributed by atoms with Crippen molar-refractivity contribution >= 4 is 12.1 Å². The third-order valence-corrected chi connectivity index (χ3v) is 4.18. The Kier molecular flexibility index (Phi) is 3.55. The molecule has 2 aliphatic rings. The van der Waals surface area contributed by atoms with Gasteiger partial charge in [-0.1, -0.05) is 30.3 Å². The van der Waals surface area contributed by atoms with E-state index < -0.39 is 17.7 Å². The molecule has 112 valence electrons. The Labute approximate surface area is 122 Å². The molecule has 6 nitrogen and oxygen atoms in total. The molecule has 2 fully saturated rings. The molecule has 0 aromatic heterocycles. The summed E-state index contributed by atoms with van der Waals surface area (Å²) in [7, 11) is 0. The molecule has 6 heteroatoms. The van der Waals surface area contributed by atoms with Crippen molar-refractivity contribution in [2.75, 3.05) is 19.7 Å². The van der Waals surface area contributed by atoms with E-state index in [1.807, 2.05) is 30.3 Å². The van der Waals surface area contributed by atoms with Gasteiger partial charge in [0.25, 0.3) is 0 Å². The van der Waals surface area contributed by atoms with Gasteiger partial charge in [0.1, 0.15) is 6.61 Å². The van der Waals surface area contributed by atoms with Gasteiger partial charge in [-0.05, 0) is 12.0 Å². The minimum absolute atomic E-state index is 0.0562. The first-order valence-corrected chi connectivity index (χ1v) is 6.95. The molecule has 21 heavy (non-hydrogen) atoms. The molecular formula is C15H17NO5. The standard InChI is InChI=1S/C15H17NO5/c17-13(18)15-10-16(8-12(15)6-7-21-15)14(19)20-9-11-4-2-1-3-5-11/h1-5,12H,6-10H2,(H,17,18)/t12-,15+/m1/s1. The van der Waals surface area contributed by atoms with Crippen molar-refractivity contribution in [1.82, 2.24) is 4.90 Å². The first-order valence-electron chi connectivity index (χ1n) is 6.95. The molecule has 0 aliphatic carbocycles. The molecule has 2 heterocycles. The first kappa shape index (κ1) is 13.9. The molecule has 3 rings (SSSR count). The van der Waals surface area contributed by atoms with Crippen molar-refractivity contribution in [3.8, 4) is 0 Å². The molecule has 1 aromatic carbocycles. The Bertz CT molecular complexity index is 546. The summed E-state index contributed by atoms with van der Waals surface area (Å²) in [5.74, 6) is -1.15. The summed E-state index contributed by atoms with van der Waals surface area (Å²) in [5, 5.41) is 9.38. The van der Waals surface area contributed by atoms with Crippen molar-refractivity contribution in [1.29, 1.82) is 0 Å². The molecule has 2 aliphatic heterocycles. The van der Waals surface area contributed by atoms with Crippen molar-refractivity contribution in [2.45, 2.75) is 18.6 Å². The summed E-state index contributed by atoms with van der Waals surface area (Å²) in [5.41, 5.74) is -0.347. The van der Waals surface area contributed by atoms with Crippen LogP contribution in [-0.2, 0) is 20.9 Å². The number of carbonyl (C=O) groups is 2. The van der Waals surface area contributed by atoms with Crippen LogP contribution in [0.4, 0.5) is 4.79 Å². The number of fused-ring (bicyclic) bond motifs is 1. The van der Waals surface area contributed by atoms with E-state index in [1.54, 1.807) is 0 Å². The highest BCUT2D eigenvalue weighted by atomic mass is 16.6. The molecule has 1 aromatic rings. The maximum absolute atomic E-state index is 12.1. The molecule has 0 bridgehead atoms. The van der Waals surface area contributed by atoms with Gasteiger partial charge in [0, 0.05) is 19.1 Å². The van der Waals surface area contributed by atoms with Crippen LogP contribution in [0.2, 0.25) is 0 Å². The van der Waals surface area contributed by atoms with Crippen LogP contribution >= 0.6 is 0 Å². The van der Waals surface area contributed by atoms with Gasteiger partial charge in [0.05, 0.1) is 6.54 Å². The van der Waals surface area contributed by atoms with Gasteiger partial charge in [-0.3, -0.25) is 0 Å². The summed E-state index contributed by atoms with van der Waals surface area (Å²) in [4.78, 5) is 24.9. The van der Waals surface area contributed by atoms with Crippen molar-refractivity contribution < 1.29 is 24.2 Å². The molecule has 0 saturated carbocycles.